The SMILES string of the molecule is CCS(=O)(=O)c1ccc(C(=O)N2CCCC[C@@H](OC(C)C)c3cc(F)cc(F)c3OCCC2)cc1C. The lowest BCUT2D eigenvalue weighted by Gasteiger charge is -2.27. The topological polar surface area (TPSA) is 72.9 Å². The van der Waals surface area contributed by atoms with Crippen LogP contribution in [0.1, 0.15) is 74.0 Å². The van der Waals surface area contributed by atoms with Crippen LogP contribution < -0.4 is 4.74 Å². The first kappa shape index (κ1) is 28.1. The van der Waals surface area contributed by atoms with Crippen LogP contribution in [0.3, 0.4) is 0 Å². The number of nitrogens with zero attached hydrogens (tertiary/aromatic N) is 1. The van der Waals surface area contributed by atoms with Crippen LogP contribution in [0.25, 0.3) is 0 Å². The van der Waals surface area contributed by atoms with Gasteiger partial charge in [-0.2, -0.15) is 0 Å². The Kier molecular flexibility index (Phi) is 9.47. The summed E-state index contributed by atoms with van der Waals surface area (Å²) < 4.78 is 65.0. The number of carbonyl (C=O) groups excluding carboxylic acids is 1. The highest BCUT2D eigenvalue weighted by Gasteiger charge is 2.25. The van der Waals surface area contributed by atoms with Crippen LogP contribution in [-0.2, 0) is 14.6 Å². The summed E-state index contributed by atoms with van der Waals surface area (Å²) in [6.07, 6.45) is 1.62. The van der Waals surface area contributed by atoms with Crippen molar-refractivity contribution in [2.24, 2.45) is 0 Å². The molecule has 198 valence electrons. The lowest BCUT2D eigenvalue weighted by molar-refractivity contribution is -0.00215. The molecule has 0 N–H and O–H groups in total. The largest absolute Gasteiger partial charge is 0.490 e. The molecule has 0 saturated heterocycles. The molecule has 1 aliphatic rings. The maximum atomic E-state index is 14.7. The molecule has 6 nitrogen and oxygen atoms in total. The first-order valence-corrected chi connectivity index (χ1v) is 14.1. The molecular formula is C27H35F2NO5S. The maximum Gasteiger partial charge on any atom is 0.253 e. The number of rotatable bonds is 5. The fourth-order valence-electron chi connectivity index (χ4n) is 4.44. The van der Waals surface area contributed by atoms with Crippen LogP contribution in [-0.4, -0.2) is 50.8 Å². The van der Waals surface area contributed by atoms with Crippen molar-refractivity contribution in [1.29, 1.82) is 0 Å². The Morgan fingerprint density at radius 1 is 1.14 bits per heavy atom. The number of fused-ring (bicyclic) bond motifs is 1. The molecule has 2 aromatic carbocycles. The van der Waals surface area contributed by atoms with Gasteiger partial charge in [0.05, 0.1) is 29.5 Å². The molecule has 1 atom stereocenters. The van der Waals surface area contributed by atoms with Crippen molar-refractivity contribution in [2.75, 3.05) is 25.4 Å². The minimum Gasteiger partial charge on any atom is -0.490 e. The number of amides is 1. The second-order valence-corrected chi connectivity index (χ2v) is 11.6. The lowest BCUT2D eigenvalue weighted by Crippen LogP contribution is -2.34. The van der Waals surface area contributed by atoms with E-state index in [0.717, 1.165) is 6.07 Å². The zero-order valence-electron chi connectivity index (χ0n) is 21.4. The van der Waals surface area contributed by atoms with Crippen LogP contribution >= 0.6 is 0 Å². The van der Waals surface area contributed by atoms with Gasteiger partial charge in [-0.05, 0) is 76.3 Å². The van der Waals surface area contributed by atoms with E-state index < -0.39 is 27.6 Å². The highest BCUT2D eigenvalue weighted by Crippen LogP contribution is 2.35. The summed E-state index contributed by atoms with van der Waals surface area (Å²) in [7, 11) is -3.38. The minimum absolute atomic E-state index is 0.00879. The summed E-state index contributed by atoms with van der Waals surface area (Å²) in [6.45, 7) is 8.03. The molecule has 0 spiro atoms. The normalized spacial score (nSPS) is 17.6. The van der Waals surface area contributed by atoms with Crippen molar-refractivity contribution < 1.29 is 31.5 Å². The number of aryl methyl sites for hydroxylation is 1. The molecule has 9 heteroatoms. The van der Waals surface area contributed by atoms with Gasteiger partial charge in [-0.15, -0.1) is 0 Å². The Balaban J connectivity index is 1.81. The van der Waals surface area contributed by atoms with Crippen LogP contribution in [0.5, 0.6) is 5.75 Å². The summed E-state index contributed by atoms with van der Waals surface area (Å²) in [5.41, 5.74) is 1.32. The molecule has 36 heavy (non-hydrogen) atoms. The van der Waals surface area contributed by atoms with Crippen LogP contribution in [0, 0.1) is 18.6 Å². The van der Waals surface area contributed by atoms with E-state index in [9.17, 15) is 22.0 Å². The van der Waals surface area contributed by atoms with E-state index >= 15 is 0 Å². The summed E-state index contributed by atoms with van der Waals surface area (Å²) in [6, 6.07) is 6.74. The Morgan fingerprint density at radius 3 is 2.53 bits per heavy atom. The van der Waals surface area contributed by atoms with E-state index in [4.69, 9.17) is 9.47 Å². The van der Waals surface area contributed by atoms with Gasteiger partial charge in [-0.1, -0.05) is 6.92 Å². The molecule has 0 fully saturated rings. The number of sulfone groups is 1. The van der Waals surface area contributed by atoms with Gasteiger partial charge in [0.15, 0.2) is 21.4 Å². The Morgan fingerprint density at radius 2 is 1.86 bits per heavy atom. The molecule has 3 rings (SSSR count). The predicted molar refractivity (Wildman–Crippen MR) is 134 cm³/mol. The van der Waals surface area contributed by atoms with E-state index in [1.54, 1.807) is 30.9 Å². The quantitative estimate of drug-likeness (QED) is 0.508. The number of carbonyl (C=O) groups is 1. The summed E-state index contributed by atoms with van der Waals surface area (Å²) in [5, 5.41) is 0. The van der Waals surface area contributed by atoms with E-state index in [1.165, 1.54) is 12.1 Å². The highest BCUT2D eigenvalue weighted by atomic mass is 32.2. The summed E-state index contributed by atoms with van der Waals surface area (Å²) in [5.74, 6) is -1.66. The molecular weight excluding hydrogens is 488 g/mol. The molecule has 2 aromatic rings. The van der Waals surface area contributed by atoms with Gasteiger partial charge in [0.1, 0.15) is 5.82 Å². The van der Waals surface area contributed by atoms with Gasteiger partial charge >= 0.3 is 0 Å². The zero-order valence-corrected chi connectivity index (χ0v) is 22.2. The van der Waals surface area contributed by atoms with Crippen molar-refractivity contribution in [2.45, 2.75) is 70.5 Å². The van der Waals surface area contributed by atoms with E-state index in [0.29, 0.717) is 55.5 Å². The summed E-state index contributed by atoms with van der Waals surface area (Å²) >= 11 is 0. The molecule has 0 bridgehead atoms. The van der Waals surface area contributed by atoms with E-state index in [-0.39, 0.29) is 35.0 Å². The Hall–Kier alpha value is -2.52. The smallest absolute Gasteiger partial charge is 0.253 e. The fraction of sp³-hybridized carbons (Fsp3) is 0.519. The first-order chi connectivity index (χ1) is 17.0. The molecule has 1 amide bonds. The minimum atomic E-state index is -3.38. The number of hydrogen-bond acceptors (Lipinski definition) is 5. The number of benzene rings is 2. The average molecular weight is 524 g/mol. The van der Waals surface area contributed by atoms with Crippen LogP contribution in [0.4, 0.5) is 8.78 Å². The number of halogens is 2. The fourth-order valence-corrected chi connectivity index (χ4v) is 5.58. The van der Waals surface area contributed by atoms with Crippen molar-refractivity contribution >= 4 is 15.7 Å². The van der Waals surface area contributed by atoms with Gasteiger partial charge in [0.2, 0.25) is 0 Å². The van der Waals surface area contributed by atoms with Gasteiger partial charge < -0.3 is 14.4 Å². The third kappa shape index (κ3) is 6.82. The van der Waals surface area contributed by atoms with Gasteiger partial charge in [-0.3, -0.25) is 4.79 Å². The highest BCUT2D eigenvalue weighted by molar-refractivity contribution is 7.91. The van der Waals surface area contributed by atoms with Crippen molar-refractivity contribution in [3.63, 3.8) is 0 Å². The maximum absolute atomic E-state index is 14.7. The number of ether oxygens (including phenoxy) is 2. The second kappa shape index (κ2) is 12.1. The van der Waals surface area contributed by atoms with Gasteiger partial charge in [0, 0.05) is 30.3 Å². The molecule has 0 aliphatic carbocycles. The Bertz CT molecular complexity index is 1180. The first-order valence-electron chi connectivity index (χ1n) is 12.4. The average Bonchev–Trinajstić information content (AvgIpc) is 2.81. The molecule has 0 aromatic heterocycles. The zero-order chi connectivity index (χ0) is 26.5. The molecule has 0 saturated carbocycles. The molecule has 0 radical (unpaired) electrons. The van der Waals surface area contributed by atoms with E-state index in [1.807, 2.05) is 13.8 Å². The standard InChI is InChI=1S/C27H35F2NO5S/c1-5-36(32,33)25-11-10-20(15-19(25)4)27(31)30-12-7-6-9-24(35-18(2)3)22-16-21(28)17-23(29)26(22)34-14-8-13-30/h10-11,15-18,24H,5-9,12-14H2,1-4H3/t24-/m1/s1. The van der Waals surface area contributed by atoms with Crippen LogP contribution in [0.15, 0.2) is 35.2 Å². The van der Waals surface area contributed by atoms with Gasteiger partial charge in [-0.25, -0.2) is 17.2 Å². The van der Waals surface area contributed by atoms with Crippen molar-refractivity contribution in [1.82, 2.24) is 4.90 Å². The third-order valence-corrected chi connectivity index (χ3v) is 8.10. The Labute approximate surface area is 212 Å². The summed E-state index contributed by atoms with van der Waals surface area (Å²) in [4.78, 5) is 15.3. The second-order valence-electron chi connectivity index (χ2n) is 9.35. The number of hydrogen-bond donors (Lipinski definition) is 0. The molecule has 1 aliphatic heterocycles. The third-order valence-electron chi connectivity index (χ3n) is 6.21. The van der Waals surface area contributed by atoms with Crippen LogP contribution in [0.2, 0.25) is 0 Å². The monoisotopic (exact) mass is 523 g/mol. The molecule has 0 unspecified atom stereocenters. The van der Waals surface area contributed by atoms with Gasteiger partial charge in [0.25, 0.3) is 5.91 Å². The van der Waals surface area contributed by atoms with Crippen molar-refractivity contribution in [3.8, 4) is 5.75 Å². The van der Waals surface area contributed by atoms with Crippen molar-refractivity contribution in [3.05, 3.63) is 58.7 Å². The van der Waals surface area contributed by atoms with E-state index in [2.05, 4.69) is 0 Å². The molecule has 1 heterocycles. The lowest BCUT2D eigenvalue weighted by atomic mass is 10.0. The predicted octanol–water partition coefficient (Wildman–Crippen LogP) is 5.63.